The normalized spacial score (nSPS) is 32.8. The number of nitrogens with one attached hydrogen (secondary N) is 3. The van der Waals surface area contributed by atoms with Crippen LogP contribution in [-0.2, 0) is 15.0 Å². The van der Waals surface area contributed by atoms with Gasteiger partial charge in [-0.25, -0.2) is 8.78 Å². The van der Waals surface area contributed by atoms with Gasteiger partial charge in [0.15, 0.2) is 0 Å². The summed E-state index contributed by atoms with van der Waals surface area (Å²) in [6.07, 6.45) is 5.30. The van der Waals surface area contributed by atoms with Crippen LogP contribution in [0.3, 0.4) is 0 Å². The predicted octanol–water partition coefficient (Wildman–Crippen LogP) is 4.89. The maximum absolute atomic E-state index is 14.0. The third-order valence-corrected chi connectivity index (χ3v) is 7.97. The number of carbonyl (C=O) groups is 2. The van der Waals surface area contributed by atoms with E-state index in [1.807, 2.05) is 6.07 Å². The number of carbonyl (C=O) groups excluding carboxylic acids is 2. The molecule has 4 N–H and O–H groups in total. The van der Waals surface area contributed by atoms with Crippen LogP contribution in [0, 0.1) is 11.3 Å². The highest BCUT2D eigenvalue weighted by Crippen LogP contribution is 2.55. The summed E-state index contributed by atoms with van der Waals surface area (Å²) in [5, 5.41) is 20.1. The van der Waals surface area contributed by atoms with Gasteiger partial charge in [-0.2, -0.15) is 0 Å². The predicted molar refractivity (Wildman–Crippen MR) is 145 cm³/mol. The summed E-state index contributed by atoms with van der Waals surface area (Å²) in [6, 6.07) is 3.74. The van der Waals surface area contributed by atoms with Crippen LogP contribution >= 0.6 is 11.6 Å². The van der Waals surface area contributed by atoms with Crippen LogP contribution in [0.2, 0.25) is 5.02 Å². The number of aliphatic hydroxyl groups is 1. The van der Waals surface area contributed by atoms with Crippen molar-refractivity contribution in [1.29, 1.82) is 0 Å². The van der Waals surface area contributed by atoms with E-state index >= 15 is 0 Å². The molecule has 3 aliphatic rings. The Balaban J connectivity index is 1.82. The van der Waals surface area contributed by atoms with Crippen molar-refractivity contribution in [2.75, 3.05) is 12.0 Å². The Morgan fingerprint density at radius 1 is 1.34 bits per heavy atom. The molecule has 206 valence electrons. The highest BCUT2D eigenvalue weighted by atomic mass is 35.5. The monoisotopic (exact) mass is 547 g/mol. The van der Waals surface area contributed by atoms with E-state index in [9.17, 15) is 23.5 Å². The number of allylic oxidation sites excluding steroid dienone is 4. The van der Waals surface area contributed by atoms with Crippen LogP contribution < -0.4 is 16.0 Å². The van der Waals surface area contributed by atoms with E-state index in [1.54, 1.807) is 19.1 Å². The van der Waals surface area contributed by atoms with Crippen LogP contribution in [0.1, 0.15) is 52.5 Å². The number of fused-ring (bicyclic) bond motifs is 2. The lowest BCUT2D eigenvalue weighted by Crippen LogP contribution is -2.57. The van der Waals surface area contributed by atoms with Crippen LogP contribution in [0.4, 0.5) is 14.5 Å². The number of hydrogen-bond acceptors (Lipinski definition) is 4. The first-order valence-electron chi connectivity index (χ1n) is 12.9. The van der Waals surface area contributed by atoms with Crippen molar-refractivity contribution in [2.45, 2.75) is 76.1 Å². The van der Waals surface area contributed by atoms with Gasteiger partial charge in [0, 0.05) is 28.7 Å². The second-order valence-electron chi connectivity index (χ2n) is 12.2. The molecule has 38 heavy (non-hydrogen) atoms. The Labute approximate surface area is 227 Å². The number of amides is 2. The minimum absolute atomic E-state index is 0.188. The van der Waals surface area contributed by atoms with Crippen LogP contribution in [0.5, 0.6) is 0 Å². The smallest absolute Gasteiger partial charge is 0.238 e. The Morgan fingerprint density at radius 3 is 2.63 bits per heavy atom. The molecule has 1 saturated carbocycles. The SMILES string of the molecule is C=C(/C=C\C=C(\F)CF)[C@H]1[C@H](C(=O)NC2CC(C)(O)C2)N[C@@H](CC(C)(C)C)[C@@]12C(=O)Nc1cc(Cl)ccc12. The second-order valence-corrected chi connectivity index (χ2v) is 12.7. The van der Waals surface area contributed by atoms with Crippen molar-refractivity contribution < 1.29 is 23.5 Å². The molecule has 2 amide bonds. The van der Waals surface area contributed by atoms with Gasteiger partial charge in [-0.3, -0.25) is 9.59 Å². The number of hydrogen-bond donors (Lipinski definition) is 4. The number of alkyl halides is 1. The first kappa shape index (κ1) is 28.5. The summed E-state index contributed by atoms with van der Waals surface area (Å²) in [6.45, 7) is 10.9. The summed E-state index contributed by atoms with van der Waals surface area (Å²) in [5.41, 5.74) is -0.517. The lowest BCUT2D eigenvalue weighted by molar-refractivity contribution is -0.127. The Kier molecular flexibility index (Phi) is 7.64. The molecule has 1 aliphatic carbocycles. The zero-order valence-electron chi connectivity index (χ0n) is 22.2. The highest BCUT2D eigenvalue weighted by Gasteiger charge is 2.65. The number of rotatable bonds is 7. The van der Waals surface area contributed by atoms with E-state index in [-0.39, 0.29) is 23.3 Å². The van der Waals surface area contributed by atoms with E-state index in [4.69, 9.17) is 11.6 Å². The summed E-state index contributed by atoms with van der Waals surface area (Å²) in [4.78, 5) is 27.7. The van der Waals surface area contributed by atoms with E-state index in [1.165, 1.54) is 12.2 Å². The molecule has 2 aliphatic heterocycles. The molecule has 6 nitrogen and oxygen atoms in total. The first-order valence-corrected chi connectivity index (χ1v) is 13.2. The average molecular weight is 548 g/mol. The topological polar surface area (TPSA) is 90.5 Å². The Hall–Kier alpha value is -2.55. The lowest BCUT2D eigenvalue weighted by Gasteiger charge is -2.42. The van der Waals surface area contributed by atoms with Gasteiger partial charge in [0.1, 0.15) is 17.9 Å². The average Bonchev–Trinajstić information content (AvgIpc) is 3.26. The maximum atomic E-state index is 14.0. The fourth-order valence-corrected chi connectivity index (χ4v) is 6.46. The van der Waals surface area contributed by atoms with Crippen molar-refractivity contribution in [3.63, 3.8) is 0 Å². The Bertz CT molecular complexity index is 1200. The largest absolute Gasteiger partial charge is 0.390 e. The molecule has 1 spiro atoms. The molecule has 0 aromatic heterocycles. The van der Waals surface area contributed by atoms with E-state index in [0.717, 1.165) is 6.08 Å². The van der Waals surface area contributed by atoms with Crippen molar-refractivity contribution in [2.24, 2.45) is 11.3 Å². The number of halogens is 3. The third-order valence-electron chi connectivity index (χ3n) is 7.74. The van der Waals surface area contributed by atoms with Gasteiger partial charge >= 0.3 is 0 Å². The van der Waals surface area contributed by atoms with Crippen molar-refractivity contribution >= 4 is 29.1 Å². The summed E-state index contributed by atoms with van der Waals surface area (Å²) >= 11 is 6.25. The van der Waals surface area contributed by atoms with Gasteiger partial charge in [0.25, 0.3) is 0 Å². The van der Waals surface area contributed by atoms with Crippen LogP contribution in [0.15, 0.2) is 54.4 Å². The summed E-state index contributed by atoms with van der Waals surface area (Å²) in [7, 11) is 0. The number of benzene rings is 1. The van der Waals surface area contributed by atoms with Crippen molar-refractivity contribution in [3.8, 4) is 0 Å². The van der Waals surface area contributed by atoms with Gasteiger partial charge in [-0.15, -0.1) is 0 Å². The van der Waals surface area contributed by atoms with Crippen molar-refractivity contribution in [1.82, 2.24) is 10.6 Å². The zero-order chi connectivity index (χ0) is 28.0. The molecular formula is C29H36ClF2N3O3. The molecule has 1 saturated heterocycles. The van der Waals surface area contributed by atoms with Crippen LogP contribution in [-0.4, -0.2) is 47.3 Å². The molecule has 4 atom stereocenters. The molecule has 0 bridgehead atoms. The highest BCUT2D eigenvalue weighted by molar-refractivity contribution is 6.31. The summed E-state index contributed by atoms with van der Waals surface area (Å²) in [5.74, 6) is -2.26. The molecule has 9 heteroatoms. The molecule has 1 aromatic rings. The second kappa shape index (κ2) is 10.2. The first-order chi connectivity index (χ1) is 17.7. The van der Waals surface area contributed by atoms with Crippen molar-refractivity contribution in [3.05, 3.63) is 65.0 Å². The van der Waals surface area contributed by atoms with Gasteiger partial charge < -0.3 is 21.1 Å². The molecule has 0 unspecified atom stereocenters. The maximum Gasteiger partial charge on any atom is 0.238 e. The lowest BCUT2D eigenvalue weighted by atomic mass is 9.62. The molecule has 4 rings (SSSR count). The zero-order valence-corrected chi connectivity index (χ0v) is 23.0. The summed E-state index contributed by atoms with van der Waals surface area (Å²) < 4.78 is 26.1. The minimum atomic E-state index is -1.23. The van der Waals surface area contributed by atoms with E-state index < -0.39 is 41.5 Å². The molecule has 1 aromatic carbocycles. The molecule has 2 fully saturated rings. The number of anilines is 1. The van der Waals surface area contributed by atoms with Gasteiger partial charge in [0.05, 0.1) is 11.6 Å². The van der Waals surface area contributed by atoms with E-state index in [2.05, 4.69) is 43.3 Å². The minimum Gasteiger partial charge on any atom is -0.390 e. The Morgan fingerprint density at radius 2 is 2.03 bits per heavy atom. The van der Waals surface area contributed by atoms with Gasteiger partial charge in [-0.05, 0) is 60.9 Å². The molecule has 0 radical (unpaired) electrons. The molecule has 2 heterocycles. The fourth-order valence-electron chi connectivity index (χ4n) is 6.29. The van der Waals surface area contributed by atoms with Gasteiger partial charge in [0.2, 0.25) is 11.8 Å². The van der Waals surface area contributed by atoms with Gasteiger partial charge in [-0.1, -0.05) is 57.2 Å². The standard InChI is InChI=1S/C29H36ClF2N3O3/c1-16(7-6-8-18(32)15-31)23-24(25(36)33-19-12-28(5,38)13-19)35-22(14-27(2,3)4)29(23)20-10-9-17(30)11-21(20)34-26(29)37/h6-11,19,22-24,35,38H,1,12-15H2,2-5H3,(H,33,36)(H,34,37)/b7-6-,18-8+/t19?,22-,23-,24+,28?,29+/m0/s1. The fraction of sp³-hybridized carbons (Fsp3) is 0.517. The van der Waals surface area contributed by atoms with E-state index in [0.29, 0.717) is 41.1 Å². The molecular weight excluding hydrogens is 512 g/mol. The van der Waals surface area contributed by atoms with Crippen LogP contribution in [0.25, 0.3) is 0 Å². The quantitative estimate of drug-likeness (QED) is 0.366. The third kappa shape index (κ3) is 5.31.